The smallest absolute Gasteiger partial charge is 0.229 e. The van der Waals surface area contributed by atoms with Gasteiger partial charge in [0.1, 0.15) is 5.82 Å². The van der Waals surface area contributed by atoms with Crippen LogP contribution in [0, 0.1) is 6.92 Å². The largest absolute Gasteiger partial charge is 0.377 e. The lowest BCUT2D eigenvalue weighted by Gasteiger charge is -2.25. The van der Waals surface area contributed by atoms with E-state index in [2.05, 4.69) is 41.6 Å². The van der Waals surface area contributed by atoms with Crippen molar-refractivity contribution >= 4 is 33.4 Å². The maximum atomic E-state index is 5.19. The molecule has 0 aromatic carbocycles. The van der Waals surface area contributed by atoms with Crippen LogP contribution in [0.1, 0.15) is 18.7 Å². The van der Waals surface area contributed by atoms with Gasteiger partial charge >= 0.3 is 0 Å². The molecule has 1 aliphatic rings. The van der Waals surface area contributed by atoms with Crippen molar-refractivity contribution in [3.05, 3.63) is 22.6 Å². The van der Waals surface area contributed by atoms with E-state index in [0.29, 0.717) is 12.0 Å². The molecular weight excluding hydrogens is 336 g/mol. The van der Waals surface area contributed by atoms with Gasteiger partial charge in [0.15, 0.2) is 0 Å². The molecule has 3 rings (SSSR count). The molecule has 112 valence electrons. The van der Waals surface area contributed by atoms with Crippen LogP contribution < -0.4 is 10.6 Å². The van der Waals surface area contributed by atoms with Crippen molar-refractivity contribution < 1.29 is 4.74 Å². The fourth-order valence-corrected chi connectivity index (χ4v) is 2.34. The van der Waals surface area contributed by atoms with Crippen LogP contribution in [-0.2, 0) is 4.74 Å². The van der Waals surface area contributed by atoms with E-state index in [4.69, 9.17) is 4.74 Å². The van der Waals surface area contributed by atoms with E-state index in [0.717, 1.165) is 41.4 Å². The molecule has 1 aliphatic heterocycles. The topological polar surface area (TPSA) is 76.9 Å². The van der Waals surface area contributed by atoms with Gasteiger partial charge in [0, 0.05) is 18.9 Å². The van der Waals surface area contributed by atoms with Crippen LogP contribution in [0.4, 0.5) is 17.5 Å². The quantitative estimate of drug-likeness (QED) is 0.860. The number of aromatic nitrogens is 4. The molecule has 0 radical (unpaired) electrons. The zero-order valence-corrected chi connectivity index (χ0v) is 13.5. The van der Waals surface area contributed by atoms with Crippen molar-refractivity contribution in [1.82, 2.24) is 19.7 Å². The van der Waals surface area contributed by atoms with Crippen LogP contribution in [0.2, 0.25) is 0 Å². The van der Waals surface area contributed by atoms with Gasteiger partial charge in [-0.2, -0.15) is 10.1 Å². The van der Waals surface area contributed by atoms with Gasteiger partial charge in [0.25, 0.3) is 0 Å². The number of rotatable bonds is 5. The predicted octanol–water partition coefficient (Wildman–Crippen LogP) is 2.49. The van der Waals surface area contributed by atoms with Gasteiger partial charge in [-0.05, 0) is 29.8 Å². The number of hydrogen-bond donors (Lipinski definition) is 2. The molecule has 3 heterocycles. The highest BCUT2D eigenvalue weighted by molar-refractivity contribution is 9.10. The molecule has 0 aliphatic carbocycles. The minimum Gasteiger partial charge on any atom is -0.377 e. The summed E-state index contributed by atoms with van der Waals surface area (Å²) in [5, 5.41) is 10.9. The Bertz CT molecular complexity index is 640. The second-order valence-corrected chi connectivity index (χ2v) is 5.70. The van der Waals surface area contributed by atoms with Gasteiger partial charge < -0.3 is 15.4 Å². The molecule has 7 nitrogen and oxygen atoms in total. The Morgan fingerprint density at radius 3 is 2.95 bits per heavy atom. The van der Waals surface area contributed by atoms with Gasteiger partial charge in [-0.15, -0.1) is 0 Å². The predicted molar refractivity (Wildman–Crippen MR) is 84.0 cm³/mol. The Labute approximate surface area is 131 Å². The summed E-state index contributed by atoms with van der Waals surface area (Å²) in [5.41, 5.74) is 1.82. The van der Waals surface area contributed by atoms with Gasteiger partial charge in [-0.3, -0.25) is 4.68 Å². The van der Waals surface area contributed by atoms with Crippen LogP contribution in [-0.4, -0.2) is 39.5 Å². The first kappa shape index (κ1) is 14.3. The maximum Gasteiger partial charge on any atom is 0.229 e. The van der Waals surface area contributed by atoms with Crippen molar-refractivity contribution in [3.8, 4) is 0 Å². The highest BCUT2D eigenvalue weighted by Crippen LogP contribution is 2.25. The summed E-state index contributed by atoms with van der Waals surface area (Å²) < 4.78 is 7.97. The summed E-state index contributed by atoms with van der Waals surface area (Å²) >= 11 is 3.43. The number of nitrogens with zero attached hydrogens (tertiary/aromatic N) is 4. The molecule has 2 aromatic rings. The normalized spacial score (nSPS) is 14.8. The van der Waals surface area contributed by atoms with E-state index in [-0.39, 0.29) is 0 Å². The van der Waals surface area contributed by atoms with Crippen molar-refractivity contribution in [2.75, 3.05) is 30.4 Å². The molecule has 0 saturated carbocycles. The molecular formula is C13H17BrN6O. The minimum atomic E-state index is 0.336. The van der Waals surface area contributed by atoms with Gasteiger partial charge in [-0.1, -0.05) is 0 Å². The highest BCUT2D eigenvalue weighted by Gasteiger charge is 2.22. The molecule has 2 N–H and O–H groups in total. The Morgan fingerprint density at radius 1 is 1.48 bits per heavy atom. The third-order valence-electron chi connectivity index (χ3n) is 3.25. The second kappa shape index (κ2) is 5.98. The SMILES string of the molecule is CCNc1nc(Nc2cn(C3COC3)nc2C)ncc1Br. The summed E-state index contributed by atoms with van der Waals surface area (Å²) in [7, 11) is 0. The van der Waals surface area contributed by atoms with Crippen molar-refractivity contribution in [1.29, 1.82) is 0 Å². The molecule has 0 unspecified atom stereocenters. The molecule has 0 bridgehead atoms. The number of nitrogens with one attached hydrogen (secondary N) is 2. The Hall–Kier alpha value is -1.67. The Morgan fingerprint density at radius 2 is 2.29 bits per heavy atom. The van der Waals surface area contributed by atoms with Gasteiger partial charge in [-0.25, -0.2) is 4.98 Å². The third kappa shape index (κ3) is 3.01. The molecule has 21 heavy (non-hydrogen) atoms. The van der Waals surface area contributed by atoms with Crippen LogP contribution in [0.25, 0.3) is 0 Å². The van der Waals surface area contributed by atoms with Crippen LogP contribution in [0.3, 0.4) is 0 Å². The first-order valence-corrected chi connectivity index (χ1v) is 7.63. The first-order valence-electron chi connectivity index (χ1n) is 6.84. The third-order valence-corrected chi connectivity index (χ3v) is 3.83. The number of hydrogen-bond acceptors (Lipinski definition) is 6. The van der Waals surface area contributed by atoms with E-state index in [1.807, 2.05) is 24.7 Å². The standard InChI is InChI=1S/C13H17BrN6O/c1-3-15-12-10(14)4-16-13(18-12)17-11-5-20(19-8(11)2)9-6-21-7-9/h4-5,9H,3,6-7H2,1-2H3,(H2,15,16,17,18). The molecule has 8 heteroatoms. The van der Waals surface area contributed by atoms with E-state index in [1.165, 1.54) is 0 Å². The van der Waals surface area contributed by atoms with Crippen molar-refractivity contribution in [3.63, 3.8) is 0 Å². The van der Waals surface area contributed by atoms with Crippen molar-refractivity contribution in [2.24, 2.45) is 0 Å². The Balaban J connectivity index is 1.79. The minimum absolute atomic E-state index is 0.336. The average molecular weight is 353 g/mol. The zero-order chi connectivity index (χ0) is 14.8. The molecule has 0 amide bonds. The maximum absolute atomic E-state index is 5.19. The van der Waals surface area contributed by atoms with Crippen LogP contribution in [0.5, 0.6) is 0 Å². The summed E-state index contributed by atoms with van der Waals surface area (Å²) in [5.74, 6) is 1.31. The van der Waals surface area contributed by atoms with E-state index in [1.54, 1.807) is 6.20 Å². The summed E-state index contributed by atoms with van der Waals surface area (Å²) in [6, 6.07) is 0.336. The molecule has 0 atom stereocenters. The number of anilines is 3. The lowest BCUT2D eigenvalue weighted by molar-refractivity contribution is -0.0287. The van der Waals surface area contributed by atoms with E-state index < -0.39 is 0 Å². The van der Waals surface area contributed by atoms with Crippen LogP contribution >= 0.6 is 15.9 Å². The number of aryl methyl sites for hydroxylation is 1. The second-order valence-electron chi connectivity index (χ2n) is 4.84. The number of ether oxygens (including phenoxy) is 1. The molecule has 1 fully saturated rings. The fourth-order valence-electron chi connectivity index (χ4n) is 2.01. The first-order chi connectivity index (χ1) is 10.2. The summed E-state index contributed by atoms with van der Waals surface area (Å²) in [4.78, 5) is 8.72. The zero-order valence-electron chi connectivity index (χ0n) is 11.9. The highest BCUT2D eigenvalue weighted by atomic mass is 79.9. The lowest BCUT2D eigenvalue weighted by Crippen LogP contribution is -2.30. The fraction of sp³-hybridized carbons (Fsp3) is 0.462. The Kier molecular flexibility index (Phi) is 4.07. The summed E-state index contributed by atoms with van der Waals surface area (Å²) in [6.07, 6.45) is 3.70. The van der Waals surface area contributed by atoms with Gasteiger partial charge in [0.05, 0.1) is 35.1 Å². The summed E-state index contributed by atoms with van der Waals surface area (Å²) in [6.45, 7) is 6.23. The monoisotopic (exact) mass is 352 g/mol. The number of halogens is 1. The average Bonchev–Trinajstić information content (AvgIpc) is 2.73. The van der Waals surface area contributed by atoms with E-state index >= 15 is 0 Å². The lowest BCUT2D eigenvalue weighted by atomic mass is 10.3. The molecule has 2 aromatic heterocycles. The molecule has 0 spiro atoms. The molecule has 1 saturated heterocycles. The van der Waals surface area contributed by atoms with Crippen molar-refractivity contribution in [2.45, 2.75) is 19.9 Å². The van der Waals surface area contributed by atoms with Gasteiger partial charge in [0.2, 0.25) is 5.95 Å². The van der Waals surface area contributed by atoms with E-state index in [9.17, 15) is 0 Å². The van der Waals surface area contributed by atoms with Crippen LogP contribution in [0.15, 0.2) is 16.9 Å².